The molecule has 0 saturated carbocycles. The van der Waals surface area contributed by atoms with Gasteiger partial charge in [0, 0.05) is 6.54 Å². The number of anilines is 2. The molecule has 0 radical (unpaired) electrons. The van der Waals surface area contributed by atoms with E-state index >= 15 is 0 Å². The number of primary amides is 1. The van der Waals surface area contributed by atoms with Gasteiger partial charge in [-0.05, 0) is 12.1 Å². The fraction of sp³-hybridized carbons (Fsp3) is 0.385. The van der Waals surface area contributed by atoms with Gasteiger partial charge >= 0.3 is 5.97 Å². The van der Waals surface area contributed by atoms with Gasteiger partial charge in [-0.25, -0.2) is 4.79 Å². The molecule has 0 aromatic heterocycles. The summed E-state index contributed by atoms with van der Waals surface area (Å²) in [6.45, 7) is 1.02. The Morgan fingerprint density at radius 3 is 2.85 bits per heavy atom. The van der Waals surface area contributed by atoms with Crippen LogP contribution in [0.15, 0.2) is 18.2 Å². The molecule has 0 aliphatic carbocycles. The maximum absolute atomic E-state index is 11.9. The molecule has 1 fully saturated rings. The first-order valence-corrected chi connectivity index (χ1v) is 6.16. The molecule has 4 N–H and O–H groups in total. The molecule has 0 bridgehead atoms. The van der Waals surface area contributed by atoms with E-state index < -0.39 is 17.9 Å². The Hall–Kier alpha value is -2.28. The van der Waals surface area contributed by atoms with Gasteiger partial charge in [0.05, 0.1) is 37.3 Å². The maximum atomic E-state index is 11.9. The van der Waals surface area contributed by atoms with E-state index in [2.05, 4.69) is 0 Å². The van der Waals surface area contributed by atoms with Gasteiger partial charge in [-0.2, -0.15) is 0 Å². The van der Waals surface area contributed by atoms with Gasteiger partial charge in [0.2, 0.25) is 5.91 Å². The lowest BCUT2D eigenvalue weighted by atomic mass is 10.1. The SMILES string of the molecule is COC(=O)c1cccc(N)c1N1CCOCC1C(N)=O. The summed E-state index contributed by atoms with van der Waals surface area (Å²) in [7, 11) is 1.29. The van der Waals surface area contributed by atoms with Crippen LogP contribution in [0.4, 0.5) is 11.4 Å². The van der Waals surface area contributed by atoms with Crippen LogP contribution in [-0.4, -0.2) is 44.8 Å². The molecular formula is C13H17N3O4. The molecule has 1 heterocycles. The second-order valence-corrected chi connectivity index (χ2v) is 4.42. The number of amides is 1. The van der Waals surface area contributed by atoms with E-state index in [1.807, 2.05) is 0 Å². The van der Waals surface area contributed by atoms with Crippen LogP contribution in [0.5, 0.6) is 0 Å². The first-order valence-electron chi connectivity index (χ1n) is 6.16. The van der Waals surface area contributed by atoms with E-state index in [1.165, 1.54) is 7.11 Å². The van der Waals surface area contributed by atoms with Crippen LogP contribution in [-0.2, 0) is 14.3 Å². The number of para-hydroxylation sites is 1. The number of benzene rings is 1. The van der Waals surface area contributed by atoms with E-state index in [0.717, 1.165) is 0 Å². The molecule has 1 saturated heterocycles. The van der Waals surface area contributed by atoms with Crippen molar-refractivity contribution in [1.82, 2.24) is 0 Å². The monoisotopic (exact) mass is 279 g/mol. The summed E-state index contributed by atoms with van der Waals surface area (Å²) in [6.07, 6.45) is 0. The number of ether oxygens (including phenoxy) is 2. The molecule has 1 unspecified atom stereocenters. The van der Waals surface area contributed by atoms with Gasteiger partial charge in [0.15, 0.2) is 0 Å². The molecule has 1 amide bonds. The van der Waals surface area contributed by atoms with E-state index in [4.69, 9.17) is 20.9 Å². The molecule has 20 heavy (non-hydrogen) atoms. The minimum Gasteiger partial charge on any atom is -0.465 e. The average Bonchev–Trinajstić information content (AvgIpc) is 2.46. The van der Waals surface area contributed by atoms with Crippen molar-refractivity contribution in [2.45, 2.75) is 6.04 Å². The summed E-state index contributed by atoms with van der Waals surface area (Å²) < 4.78 is 10.0. The zero-order valence-corrected chi connectivity index (χ0v) is 11.2. The van der Waals surface area contributed by atoms with Crippen LogP contribution >= 0.6 is 0 Å². The number of rotatable bonds is 3. The highest BCUT2D eigenvalue weighted by Gasteiger charge is 2.31. The molecule has 1 aliphatic heterocycles. The Kier molecular flexibility index (Phi) is 4.09. The second-order valence-electron chi connectivity index (χ2n) is 4.42. The molecule has 1 atom stereocenters. The Labute approximate surface area is 116 Å². The number of nitrogens with zero attached hydrogens (tertiary/aromatic N) is 1. The van der Waals surface area contributed by atoms with E-state index in [0.29, 0.717) is 30.1 Å². The Morgan fingerprint density at radius 1 is 1.45 bits per heavy atom. The number of esters is 1. The van der Waals surface area contributed by atoms with Crippen molar-refractivity contribution in [3.63, 3.8) is 0 Å². The molecule has 7 nitrogen and oxygen atoms in total. The lowest BCUT2D eigenvalue weighted by molar-refractivity contribution is -0.121. The predicted molar refractivity (Wildman–Crippen MR) is 73.3 cm³/mol. The molecule has 108 valence electrons. The summed E-state index contributed by atoms with van der Waals surface area (Å²) in [4.78, 5) is 25.1. The quantitative estimate of drug-likeness (QED) is 0.583. The van der Waals surface area contributed by atoms with Crippen molar-refractivity contribution in [3.05, 3.63) is 23.8 Å². The van der Waals surface area contributed by atoms with Gasteiger partial charge in [0.1, 0.15) is 6.04 Å². The maximum Gasteiger partial charge on any atom is 0.340 e. The van der Waals surface area contributed by atoms with Crippen LogP contribution in [0.25, 0.3) is 0 Å². The molecule has 1 aromatic rings. The number of nitrogen functional groups attached to an aromatic ring is 1. The molecule has 1 aromatic carbocycles. The lowest BCUT2D eigenvalue weighted by Crippen LogP contribution is -2.53. The first-order chi connectivity index (χ1) is 9.56. The summed E-state index contributed by atoms with van der Waals surface area (Å²) in [5.41, 5.74) is 12.5. The highest BCUT2D eigenvalue weighted by atomic mass is 16.5. The highest BCUT2D eigenvalue weighted by Crippen LogP contribution is 2.31. The predicted octanol–water partition coefficient (Wildman–Crippen LogP) is -0.254. The number of hydrogen-bond donors (Lipinski definition) is 2. The number of methoxy groups -OCH3 is 1. The summed E-state index contributed by atoms with van der Waals surface area (Å²) >= 11 is 0. The lowest BCUT2D eigenvalue weighted by Gasteiger charge is -2.36. The fourth-order valence-electron chi connectivity index (χ4n) is 2.26. The number of carbonyl (C=O) groups is 2. The van der Waals surface area contributed by atoms with Crippen LogP contribution in [0.1, 0.15) is 10.4 Å². The van der Waals surface area contributed by atoms with Crippen molar-refractivity contribution < 1.29 is 19.1 Å². The van der Waals surface area contributed by atoms with E-state index in [-0.39, 0.29) is 6.61 Å². The number of hydrogen-bond acceptors (Lipinski definition) is 6. The number of nitrogens with two attached hydrogens (primary N) is 2. The van der Waals surface area contributed by atoms with Crippen LogP contribution in [0, 0.1) is 0 Å². The zero-order valence-electron chi connectivity index (χ0n) is 11.2. The molecule has 1 aliphatic rings. The number of carbonyl (C=O) groups excluding carboxylic acids is 2. The Bertz CT molecular complexity index is 532. The van der Waals surface area contributed by atoms with Gasteiger partial charge in [-0.15, -0.1) is 0 Å². The van der Waals surface area contributed by atoms with Gasteiger partial charge in [-0.3, -0.25) is 4.79 Å². The van der Waals surface area contributed by atoms with Crippen LogP contribution < -0.4 is 16.4 Å². The molecule has 0 spiro atoms. The van der Waals surface area contributed by atoms with E-state index in [1.54, 1.807) is 23.1 Å². The van der Waals surface area contributed by atoms with Crippen molar-refractivity contribution >= 4 is 23.3 Å². The van der Waals surface area contributed by atoms with Gasteiger partial charge < -0.3 is 25.8 Å². The standard InChI is InChI=1S/C13H17N3O4/c1-19-13(18)8-3-2-4-9(14)11(8)16-5-6-20-7-10(16)12(15)17/h2-4,10H,5-7,14H2,1H3,(H2,15,17). The largest absolute Gasteiger partial charge is 0.465 e. The van der Waals surface area contributed by atoms with Gasteiger partial charge in [-0.1, -0.05) is 6.07 Å². The Balaban J connectivity index is 2.49. The average molecular weight is 279 g/mol. The fourth-order valence-corrected chi connectivity index (χ4v) is 2.26. The molecule has 2 rings (SSSR count). The summed E-state index contributed by atoms with van der Waals surface area (Å²) in [6, 6.07) is 4.27. The highest BCUT2D eigenvalue weighted by molar-refractivity contribution is 6.00. The third-order valence-corrected chi connectivity index (χ3v) is 3.22. The molecule has 7 heteroatoms. The minimum absolute atomic E-state index is 0.171. The first kappa shape index (κ1) is 14.1. The number of morpholine rings is 1. The minimum atomic E-state index is -0.656. The zero-order chi connectivity index (χ0) is 14.7. The summed E-state index contributed by atoms with van der Waals surface area (Å²) in [5, 5.41) is 0. The van der Waals surface area contributed by atoms with Crippen LogP contribution in [0.2, 0.25) is 0 Å². The second kappa shape index (κ2) is 5.79. The van der Waals surface area contributed by atoms with Crippen molar-refractivity contribution in [1.29, 1.82) is 0 Å². The summed E-state index contributed by atoms with van der Waals surface area (Å²) in [5.74, 6) is -1.04. The third kappa shape index (κ3) is 2.53. The Morgan fingerprint density at radius 2 is 2.20 bits per heavy atom. The van der Waals surface area contributed by atoms with Crippen LogP contribution in [0.3, 0.4) is 0 Å². The third-order valence-electron chi connectivity index (χ3n) is 3.22. The molecular weight excluding hydrogens is 262 g/mol. The topological polar surface area (TPSA) is 108 Å². The van der Waals surface area contributed by atoms with Gasteiger partial charge in [0.25, 0.3) is 0 Å². The van der Waals surface area contributed by atoms with Crippen molar-refractivity contribution in [2.24, 2.45) is 5.73 Å². The van der Waals surface area contributed by atoms with Crippen molar-refractivity contribution in [2.75, 3.05) is 37.5 Å². The normalized spacial score (nSPS) is 18.6. The van der Waals surface area contributed by atoms with Crippen molar-refractivity contribution in [3.8, 4) is 0 Å². The van der Waals surface area contributed by atoms with E-state index in [9.17, 15) is 9.59 Å². The smallest absolute Gasteiger partial charge is 0.340 e.